The fourth-order valence-corrected chi connectivity index (χ4v) is 3.23. The maximum absolute atomic E-state index is 12.8. The molecule has 0 saturated carbocycles. The Balaban J connectivity index is 1.83. The number of carbonyl (C=O) groups is 1. The van der Waals surface area contributed by atoms with Crippen LogP contribution in [-0.4, -0.2) is 31.9 Å². The third-order valence-corrected chi connectivity index (χ3v) is 4.92. The SMILES string of the molecule is C[C@H](C#N)CSc1ccccc1NC(=O)c1ccccc1-n1cnnn1. The number of para-hydroxylation sites is 2. The number of rotatable bonds is 6. The fraction of sp³-hybridized carbons (Fsp3) is 0.167. The molecule has 1 amide bonds. The van der Waals surface area contributed by atoms with E-state index in [2.05, 4.69) is 26.9 Å². The van der Waals surface area contributed by atoms with Crippen molar-refractivity contribution in [1.82, 2.24) is 20.2 Å². The summed E-state index contributed by atoms with van der Waals surface area (Å²) in [4.78, 5) is 13.7. The van der Waals surface area contributed by atoms with Crippen LogP contribution in [0.1, 0.15) is 17.3 Å². The van der Waals surface area contributed by atoms with Crippen LogP contribution in [0.4, 0.5) is 5.69 Å². The summed E-state index contributed by atoms with van der Waals surface area (Å²) in [6.45, 7) is 1.87. The standard InChI is InChI=1S/C18H16N6OS/c1-13(10-19)11-26-17-9-5-3-7-15(17)21-18(25)14-6-2-4-8-16(14)24-12-20-22-23-24/h2-9,12-13H,11H2,1H3,(H,21,25)/t13-/m1/s1. The van der Waals surface area contributed by atoms with Gasteiger partial charge in [-0.15, -0.1) is 16.9 Å². The summed E-state index contributed by atoms with van der Waals surface area (Å²) >= 11 is 1.54. The lowest BCUT2D eigenvalue weighted by molar-refractivity contribution is 0.102. The molecule has 0 saturated heterocycles. The van der Waals surface area contributed by atoms with Gasteiger partial charge in [0, 0.05) is 10.6 Å². The molecule has 0 fully saturated rings. The molecule has 1 heterocycles. The van der Waals surface area contributed by atoms with Crippen LogP contribution in [0.5, 0.6) is 0 Å². The van der Waals surface area contributed by atoms with Crippen LogP contribution in [0.2, 0.25) is 0 Å². The van der Waals surface area contributed by atoms with Crippen LogP contribution in [-0.2, 0) is 0 Å². The molecule has 0 bridgehead atoms. The number of nitriles is 1. The van der Waals surface area contributed by atoms with E-state index < -0.39 is 0 Å². The van der Waals surface area contributed by atoms with Gasteiger partial charge in [-0.3, -0.25) is 4.79 Å². The number of thioether (sulfide) groups is 1. The number of nitrogens with zero attached hydrogens (tertiary/aromatic N) is 5. The molecular formula is C18H16N6OS. The van der Waals surface area contributed by atoms with Crippen molar-refractivity contribution in [1.29, 1.82) is 5.26 Å². The van der Waals surface area contributed by atoms with Crippen molar-refractivity contribution in [2.24, 2.45) is 5.92 Å². The molecule has 0 aliphatic rings. The smallest absolute Gasteiger partial charge is 0.257 e. The second kappa shape index (κ2) is 8.27. The number of tetrazole rings is 1. The minimum Gasteiger partial charge on any atom is -0.321 e. The first kappa shape index (κ1) is 17.6. The number of nitrogens with one attached hydrogen (secondary N) is 1. The first-order chi connectivity index (χ1) is 12.7. The molecule has 8 heteroatoms. The van der Waals surface area contributed by atoms with Crippen LogP contribution in [0.3, 0.4) is 0 Å². The van der Waals surface area contributed by atoms with Crippen molar-refractivity contribution >= 4 is 23.4 Å². The Kier molecular flexibility index (Phi) is 5.61. The highest BCUT2D eigenvalue weighted by molar-refractivity contribution is 7.99. The maximum atomic E-state index is 12.8. The maximum Gasteiger partial charge on any atom is 0.257 e. The van der Waals surface area contributed by atoms with E-state index in [0.717, 1.165) is 4.90 Å². The van der Waals surface area contributed by atoms with Gasteiger partial charge >= 0.3 is 0 Å². The summed E-state index contributed by atoms with van der Waals surface area (Å²) in [7, 11) is 0. The summed E-state index contributed by atoms with van der Waals surface area (Å²) in [5.41, 5.74) is 1.77. The van der Waals surface area contributed by atoms with Gasteiger partial charge in [0.25, 0.3) is 5.91 Å². The molecule has 7 nitrogen and oxygen atoms in total. The number of hydrogen-bond acceptors (Lipinski definition) is 6. The third-order valence-electron chi connectivity index (χ3n) is 3.59. The van der Waals surface area contributed by atoms with Crippen LogP contribution < -0.4 is 5.32 Å². The fourth-order valence-electron chi connectivity index (χ4n) is 2.27. The zero-order chi connectivity index (χ0) is 18.4. The molecule has 0 radical (unpaired) electrons. The average Bonchev–Trinajstić information content (AvgIpc) is 3.21. The second-order valence-corrected chi connectivity index (χ2v) is 6.62. The van der Waals surface area contributed by atoms with Crippen molar-refractivity contribution in [3.8, 4) is 11.8 Å². The molecule has 1 N–H and O–H groups in total. The predicted molar refractivity (Wildman–Crippen MR) is 99.1 cm³/mol. The third kappa shape index (κ3) is 4.07. The number of hydrogen-bond donors (Lipinski definition) is 1. The van der Waals surface area contributed by atoms with E-state index in [1.54, 1.807) is 30.0 Å². The van der Waals surface area contributed by atoms with E-state index >= 15 is 0 Å². The van der Waals surface area contributed by atoms with Gasteiger partial charge < -0.3 is 5.32 Å². The Bertz CT molecular complexity index is 935. The van der Waals surface area contributed by atoms with Gasteiger partial charge in [0.05, 0.1) is 28.9 Å². The van der Waals surface area contributed by atoms with Crippen molar-refractivity contribution in [2.45, 2.75) is 11.8 Å². The minimum atomic E-state index is -0.252. The van der Waals surface area contributed by atoms with Gasteiger partial charge in [0.15, 0.2) is 0 Å². The van der Waals surface area contributed by atoms with E-state index in [1.807, 2.05) is 37.3 Å². The Morgan fingerprint density at radius 3 is 2.81 bits per heavy atom. The van der Waals surface area contributed by atoms with E-state index in [1.165, 1.54) is 11.0 Å². The molecular weight excluding hydrogens is 348 g/mol. The first-order valence-corrected chi connectivity index (χ1v) is 8.93. The lowest BCUT2D eigenvalue weighted by atomic mass is 10.1. The van der Waals surface area contributed by atoms with E-state index in [-0.39, 0.29) is 11.8 Å². The molecule has 0 spiro atoms. The molecule has 0 aliphatic carbocycles. The van der Waals surface area contributed by atoms with E-state index in [0.29, 0.717) is 22.7 Å². The number of anilines is 1. The highest BCUT2D eigenvalue weighted by Crippen LogP contribution is 2.29. The van der Waals surface area contributed by atoms with Gasteiger partial charge in [-0.1, -0.05) is 24.3 Å². The number of carbonyl (C=O) groups excluding carboxylic acids is 1. The first-order valence-electron chi connectivity index (χ1n) is 7.94. The van der Waals surface area contributed by atoms with Gasteiger partial charge in [0.2, 0.25) is 0 Å². The summed E-state index contributed by atoms with van der Waals surface area (Å²) < 4.78 is 1.45. The molecule has 1 aromatic heterocycles. The van der Waals surface area contributed by atoms with Crippen LogP contribution >= 0.6 is 11.8 Å². The molecule has 0 unspecified atom stereocenters. The molecule has 2 aromatic carbocycles. The van der Waals surface area contributed by atoms with E-state index in [9.17, 15) is 4.79 Å². The lowest BCUT2D eigenvalue weighted by Gasteiger charge is -2.13. The highest BCUT2D eigenvalue weighted by Gasteiger charge is 2.15. The number of amides is 1. The zero-order valence-electron chi connectivity index (χ0n) is 14.0. The van der Waals surface area contributed by atoms with Gasteiger partial charge in [-0.25, -0.2) is 0 Å². The van der Waals surface area contributed by atoms with Crippen LogP contribution in [0.15, 0.2) is 59.8 Å². The number of benzene rings is 2. The molecule has 0 aliphatic heterocycles. The highest BCUT2D eigenvalue weighted by atomic mass is 32.2. The molecule has 3 rings (SSSR count). The Labute approximate surface area is 155 Å². The monoisotopic (exact) mass is 364 g/mol. The van der Waals surface area contributed by atoms with Gasteiger partial charge in [-0.05, 0) is 41.6 Å². The quantitative estimate of drug-likeness (QED) is 0.675. The molecule has 3 aromatic rings. The van der Waals surface area contributed by atoms with Crippen molar-refractivity contribution in [3.05, 3.63) is 60.4 Å². The lowest BCUT2D eigenvalue weighted by Crippen LogP contribution is -2.16. The van der Waals surface area contributed by atoms with Gasteiger partial charge in [0.1, 0.15) is 6.33 Å². The molecule has 1 atom stereocenters. The molecule has 26 heavy (non-hydrogen) atoms. The average molecular weight is 364 g/mol. The minimum absolute atomic E-state index is 0.0655. The largest absolute Gasteiger partial charge is 0.321 e. The summed E-state index contributed by atoms with van der Waals surface area (Å²) in [6.07, 6.45) is 1.44. The summed E-state index contributed by atoms with van der Waals surface area (Å²) in [5, 5.41) is 23.0. The van der Waals surface area contributed by atoms with Crippen LogP contribution in [0.25, 0.3) is 5.69 Å². The molecule has 130 valence electrons. The Morgan fingerprint density at radius 1 is 1.27 bits per heavy atom. The van der Waals surface area contributed by atoms with Crippen molar-refractivity contribution < 1.29 is 4.79 Å². The predicted octanol–water partition coefficient (Wildman–Crippen LogP) is 3.17. The topological polar surface area (TPSA) is 96.5 Å². The Hall–Kier alpha value is -3.18. The number of aromatic nitrogens is 4. The second-order valence-electron chi connectivity index (χ2n) is 5.56. The summed E-state index contributed by atoms with van der Waals surface area (Å²) in [6, 6.07) is 16.9. The van der Waals surface area contributed by atoms with E-state index in [4.69, 9.17) is 5.26 Å². The normalized spacial score (nSPS) is 11.5. The summed E-state index contributed by atoms with van der Waals surface area (Å²) in [5.74, 6) is 0.340. The van der Waals surface area contributed by atoms with Gasteiger partial charge in [-0.2, -0.15) is 9.94 Å². The van der Waals surface area contributed by atoms with Crippen molar-refractivity contribution in [2.75, 3.05) is 11.1 Å². The zero-order valence-corrected chi connectivity index (χ0v) is 14.8. The Morgan fingerprint density at radius 2 is 2.04 bits per heavy atom. The van der Waals surface area contributed by atoms with Crippen molar-refractivity contribution in [3.63, 3.8) is 0 Å². The van der Waals surface area contributed by atoms with Crippen LogP contribution in [0, 0.1) is 17.2 Å².